The van der Waals surface area contributed by atoms with Crippen LogP contribution in [0.2, 0.25) is 0 Å². The minimum atomic E-state index is -3.85. The molecule has 26 heavy (non-hydrogen) atoms. The second-order valence-electron chi connectivity index (χ2n) is 4.81. The summed E-state index contributed by atoms with van der Waals surface area (Å²) < 4.78 is 32.7. The van der Waals surface area contributed by atoms with Crippen molar-refractivity contribution in [1.82, 2.24) is 0 Å². The van der Waals surface area contributed by atoms with Crippen molar-refractivity contribution in [3.63, 3.8) is 0 Å². The summed E-state index contributed by atoms with van der Waals surface area (Å²) in [4.78, 5) is 7.51. The highest BCUT2D eigenvalue weighted by molar-refractivity contribution is 7.92. The molecule has 11 heteroatoms. The second kappa shape index (κ2) is 8.92. The smallest absolute Gasteiger partial charge is 0.262 e. The SMILES string of the molecule is COc1ccccc1NS(=O)(=O)c1cccc(N=C(N)N=C(N)N)c1.Cl. The van der Waals surface area contributed by atoms with E-state index in [1.807, 2.05) is 0 Å². The number of aliphatic imine (C=N–C) groups is 2. The Morgan fingerprint density at radius 2 is 1.77 bits per heavy atom. The summed E-state index contributed by atoms with van der Waals surface area (Å²) >= 11 is 0. The van der Waals surface area contributed by atoms with Crippen molar-refractivity contribution in [1.29, 1.82) is 0 Å². The summed E-state index contributed by atoms with van der Waals surface area (Å²) in [5, 5.41) is 0. The summed E-state index contributed by atoms with van der Waals surface area (Å²) in [5.41, 5.74) is 16.6. The number of guanidine groups is 2. The lowest BCUT2D eigenvalue weighted by Gasteiger charge is -2.11. The maximum atomic E-state index is 12.6. The van der Waals surface area contributed by atoms with Crippen LogP contribution in [0.1, 0.15) is 0 Å². The molecule has 0 atom stereocenters. The molecule has 0 saturated heterocycles. The van der Waals surface area contributed by atoms with Crippen molar-refractivity contribution in [2.75, 3.05) is 11.8 Å². The van der Waals surface area contributed by atoms with Crippen molar-refractivity contribution in [2.45, 2.75) is 4.90 Å². The molecule has 0 radical (unpaired) electrons. The average molecular weight is 399 g/mol. The van der Waals surface area contributed by atoms with Gasteiger partial charge >= 0.3 is 0 Å². The van der Waals surface area contributed by atoms with Gasteiger partial charge in [0.05, 0.1) is 23.4 Å². The largest absolute Gasteiger partial charge is 0.495 e. The Morgan fingerprint density at radius 3 is 2.42 bits per heavy atom. The fourth-order valence-electron chi connectivity index (χ4n) is 1.94. The molecule has 0 saturated carbocycles. The van der Waals surface area contributed by atoms with Crippen molar-refractivity contribution in [2.24, 2.45) is 27.2 Å². The highest BCUT2D eigenvalue weighted by Gasteiger charge is 2.16. The molecule has 0 bridgehead atoms. The normalized spacial score (nSPS) is 11.2. The number of nitrogens with two attached hydrogens (primary N) is 3. The third-order valence-corrected chi connectivity index (χ3v) is 4.33. The van der Waals surface area contributed by atoms with Gasteiger partial charge in [-0.15, -0.1) is 12.4 Å². The van der Waals surface area contributed by atoms with Gasteiger partial charge in [-0.05, 0) is 30.3 Å². The molecule has 0 amide bonds. The number of para-hydroxylation sites is 2. The first-order valence-corrected chi connectivity index (χ1v) is 8.50. The standard InChI is InChI=1S/C15H18N6O3S.ClH/c1-24-13-8-3-2-7-12(13)21-25(22,23)11-6-4-5-10(9-11)19-15(18)20-14(16)17;/h2-9,21H,1H3,(H6,16,17,18,19,20);1H. The number of sulfonamides is 1. The summed E-state index contributed by atoms with van der Waals surface area (Å²) in [7, 11) is -2.40. The van der Waals surface area contributed by atoms with Gasteiger partial charge in [-0.2, -0.15) is 4.99 Å². The summed E-state index contributed by atoms with van der Waals surface area (Å²) in [6.07, 6.45) is 0. The monoisotopic (exact) mass is 398 g/mol. The number of nitrogens with zero attached hydrogens (tertiary/aromatic N) is 2. The Hall–Kier alpha value is -2.98. The van der Waals surface area contributed by atoms with E-state index in [2.05, 4.69) is 14.7 Å². The van der Waals surface area contributed by atoms with Crippen molar-refractivity contribution in [3.05, 3.63) is 48.5 Å². The minimum Gasteiger partial charge on any atom is -0.495 e. The lowest BCUT2D eigenvalue weighted by Crippen LogP contribution is -2.26. The zero-order valence-corrected chi connectivity index (χ0v) is 15.4. The van der Waals surface area contributed by atoms with Gasteiger partial charge in [-0.1, -0.05) is 18.2 Å². The van der Waals surface area contributed by atoms with Crippen LogP contribution in [0.3, 0.4) is 0 Å². The number of hydrogen-bond acceptors (Lipinski definition) is 4. The van der Waals surface area contributed by atoms with E-state index >= 15 is 0 Å². The van der Waals surface area contributed by atoms with Gasteiger partial charge in [0.15, 0.2) is 5.96 Å². The topological polar surface area (TPSA) is 158 Å². The van der Waals surface area contributed by atoms with Gasteiger partial charge in [-0.25, -0.2) is 13.4 Å². The zero-order chi connectivity index (χ0) is 18.4. The van der Waals surface area contributed by atoms with Crippen LogP contribution in [0, 0.1) is 0 Å². The van der Waals surface area contributed by atoms with E-state index in [9.17, 15) is 8.42 Å². The molecule has 0 aromatic heterocycles. The van der Waals surface area contributed by atoms with E-state index in [1.54, 1.807) is 30.3 Å². The van der Waals surface area contributed by atoms with E-state index < -0.39 is 10.0 Å². The number of hydrogen-bond donors (Lipinski definition) is 4. The van der Waals surface area contributed by atoms with Crippen LogP contribution in [0.25, 0.3) is 0 Å². The van der Waals surface area contributed by atoms with Gasteiger partial charge < -0.3 is 21.9 Å². The lowest BCUT2D eigenvalue weighted by molar-refractivity contribution is 0.417. The molecule has 0 aliphatic heterocycles. The van der Waals surface area contributed by atoms with E-state index in [0.717, 1.165) is 0 Å². The minimum absolute atomic E-state index is 0. The van der Waals surface area contributed by atoms with Gasteiger partial charge in [0.2, 0.25) is 5.96 Å². The first-order valence-electron chi connectivity index (χ1n) is 7.01. The van der Waals surface area contributed by atoms with E-state index in [-0.39, 0.29) is 34.9 Å². The number of halogens is 1. The van der Waals surface area contributed by atoms with Gasteiger partial charge in [0.25, 0.3) is 10.0 Å². The zero-order valence-electron chi connectivity index (χ0n) is 13.8. The number of benzene rings is 2. The fraction of sp³-hybridized carbons (Fsp3) is 0.0667. The summed E-state index contributed by atoms with van der Waals surface area (Å²) in [5.74, 6) is -0.0349. The predicted molar refractivity (Wildman–Crippen MR) is 105 cm³/mol. The fourth-order valence-corrected chi connectivity index (χ4v) is 3.05. The first kappa shape index (κ1) is 21.1. The Kier molecular flexibility index (Phi) is 7.23. The Labute approximate surface area is 157 Å². The molecule has 0 fully saturated rings. The Balaban J connectivity index is 0.00000338. The van der Waals surface area contributed by atoms with Crippen LogP contribution in [-0.2, 0) is 10.0 Å². The van der Waals surface area contributed by atoms with Crippen molar-refractivity contribution >= 4 is 45.7 Å². The van der Waals surface area contributed by atoms with Crippen LogP contribution in [0.15, 0.2) is 63.4 Å². The van der Waals surface area contributed by atoms with Crippen LogP contribution in [0.4, 0.5) is 11.4 Å². The number of ether oxygens (including phenoxy) is 1. The van der Waals surface area contributed by atoms with E-state index in [0.29, 0.717) is 11.4 Å². The summed E-state index contributed by atoms with van der Waals surface area (Å²) in [6.45, 7) is 0. The molecule has 7 N–H and O–H groups in total. The van der Waals surface area contributed by atoms with Crippen LogP contribution >= 0.6 is 12.4 Å². The number of methoxy groups -OCH3 is 1. The number of nitrogens with one attached hydrogen (secondary N) is 1. The third-order valence-electron chi connectivity index (χ3n) is 2.97. The molecule has 0 unspecified atom stereocenters. The van der Waals surface area contributed by atoms with Crippen molar-refractivity contribution < 1.29 is 13.2 Å². The molecule has 0 aliphatic rings. The molecular formula is C15H19ClN6O3S. The first-order chi connectivity index (χ1) is 11.8. The third kappa shape index (κ3) is 5.53. The van der Waals surface area contributed by atoms with Gasteiger partial charge in [0, 0.05) is 0 Å². The van der Waals surface area contributed by atoms with Gasteiger partial charge in [0.1, 0.15) is 5.75 Å². The van der Waals surface area contributed by atoms with E-state index in [1.165, 1.54) is 25.3 Å². The number of anilines is 1. The average Bonchev–Trinajstić information content (AvgIpc) is 2.54. The molecule has 0 aliphatic carbocycles. The quantitative estimate of drug-likeness (QED) is 0.436. The maximum Gasteiger partial charge on any atom is 0.262 e. The molecule has 140 valence electrons. The Bertz CT molecular complexity index is 926. The molecule has 2 aromatic carbocycles. The lowest BCUT2D eigenvalue weighted by atomic mass is 10.3. The van der Waals surface area contributed by atoms with Crippen molar-refractivity contribution in [3.8, 4) is 5.75 Å². The summed E-state index contributed by atoms with van der Waals surface area (Å²) in [6, 6.07) is 12.5. The Morgan fingerprint density at radius 1 is 1.08 bits per heavy atom. The molecular weight excluding hydrogens is 380 g/mol. The molecule has 9 nitrogen and oxygen atoms in total. The highest BCUT2D eigenvalue weighted by Crippen LogP contribution is 2.27. The molecule has 2 rings (SSSR count). The molecule has 2 aromatic rings. The van der Waals surface area contributed by atoms with Gasteiger partial charge in [-0.3, -0.25) is 4.72 Å². The molecule has 0 spiro atoms. The molecule has 0 heterocycles. The van der Waals surface area contributed by atoms with Crippen LogP contribution in [-0.4, -0.2) is 27.4 Å². The maximum absolute atomic E-state index is 12.6. The van der Waals surface area contributed by atoms with E-state index in [4.69, 9.17) is 21.9 Å². The second-order valence-corrected chi connectivity index (χ2v) is 6.49. The van der Waals surface area contributed by atoms with Crippen LogP contribution < -0.4 is 26.7 Å². The number of rotatable bonds is 5. The van der Waals surface area contributed by atoms with Crippen LogP contribution in [0.5, 0.6) is 5.75 Å². The predicted octanol–water partition coefficient (Wildman–Crippen LogP) is 1.14. The highest BCUT2D eigenvalue weighted by atomic mass is 35.5.